The molecule has 1 heterocycles. The number of fused-ring (bicyclic) bond motifs is 1. The van der Waals surface area contributed by atoms with E-state index in [0.717, 1.165) is 18.2 Å². The Labute approximate surface area is 230 Å². The first-order valence-electron chi connectivity index (χ1n) is 12.8. The third-order valence-corrected chi connectivity index (χ3v) is 8.04. The second-order valence-corrected chi connectivity index (χ2v) is 11.6. The minimum absolute atomic E-state index is 0.0289. The topological polar surface area (TPSA) is 105 Å². The van der Waals surface area contributed by atoms with Crippen LogP contribution in [0.5, 0.6) is 11.5 Å². The Hall–Kier alpha value is -2.98. The standard InChI is InChI=1S/C27H36ClN3O6S/c1-5-19(3)29-27(33)23(6-2)30(17-20-10-7-8-11-22(20)28)26(32)12-9-15-31(38(4,34)35)21-13-14-24-25(16-21)37-18-36-24/h7-8,10-11,13-14,16,19,23H,5-6,9,12,15,17-18H2,1-4H3,(H,29,33)/t19-,23+/m0/s1. The molecule has 2 aromatic carbocycles. The molecule has 9 nitrogen and oxygen atoms in total. The molecule has 38 heavy (non-hydrogen) atoms. The van der Waals surface area contributed by atoms with E-state index in [-0.39, 0.29) is 50.6 Å². The lowest BCUT2D eigenvalue weighted by Crippen LogP contribution is -2.50. The van der Waals surface area contributed by atoms with Crippen LogP contribution in [0.4, 0.5) is 5.69 Å². The summed E-state index contributed by atoms with van der Waals surface area (Å²) in [5, 5.41) is 3.48. The molecule has 3 rings (SSSR count). The molecular formula is C27H36ClN3O6S. The molecule has 1 N–H and O–H groups in total. The van der Waals surface area contributed by atoms with Crippen LogP contribution in [0.3, 0.4) is 0 Å². The van der Waals surface area contributed by atoms with Gasteiger partial charge in [0.05, 0.1) is 11.9 Å². The third kappa shape index (κ3) is 7.54. The summed E-state index contributed by atoms with van der Waals surface area (Å²) >= 11 is 6.38. The molecule has 0 saturated heterocycles. The molecule has 1 aliphatic rings. The number of hydrogen-bond acceptors (Lipinski definition) is 6. The highest BCUT2D eigenvalue weighted by Gasteiger charge is 2.30. The van der Waals surface area contributed by atoms with Gasteiger partial charge in [0.1, 0.15) is 6.04 Å². The predicted molar refractivity (Wildman–Crippen MR) is 148 cm³/mol. The zero-order valence-corrected chi connectivity index (χ0v) is 23.8. The Morgan fingerprint density at radius 3 is 2.45 bits per heavy atom. The number of amides is 2. The molecular weight excluding hydrogens is 530 g/mol. The van der Waals surface area contributed by atoms with Crippen LogP contribution in [-0.4, -0.2) is 56.8 Å². The number of ether oxygens (including phenoxy) is 2. The van der Waals surface area contributed by atoms with Gasteiger partial charge in [-0.1, -0.05) is 43.6 Å². The van der Waals surface area contributed by atoms with Crippen molar-refractivity contribution in [2.45, 2.75) is 65.1 Å². The Kier molecular flexibility index (Phi) is 10.3. The number of rotatable bonds is 13. The number of benzene rings is 2. The maximum Gasteiger partial charge on any atom is 0.243 e. The van der Waals surface area contributed by atoms with E-state index in [2.05, 4.69) is 5.32 Å². The number of hydrogen-bond donors (Lipinski definition) is 1. The lowest BCUT2D eigenvalue weighted by molar-refractivity contribution is -0.141. The normalized spacial score (nSPS) is 14.0. The Balaban J connectivity index is 1.77. The van der Waals surface area contributed by atoms with Crippen LogP contribution >= 0.6 is 11.6 Å². The Morgan fingerprint density at radius 2 is 1.79 bits per heavy atom. The van der Waals surface area contributed by atoms with Gasteiger partial charge in [-0.25, -0.2) is 8.42 Å². The SMILES string of the molecule is CC[C@H](C(=O)N[C@@H](C)CC)N(Cc1ccccc1Cl)C(=O)CCCN(c1ccc2c(c1)OCO2)S(C)(=O)=O. The molecule has 0 unspecified atom stereocenters. The highest BCUT2D eigenvalue weighted by atomic mass is 35.5. The van der Waals surface area contributed by atoms with E-state index in [9.17, 15) is 18.0 Å². The average Bonchev–Trinajstić information content (AvgIpc) is 3.34. The maximum atomic E-state index is 13.5. The molecule has 0 saturated carbocycles. The van der Waals surface area contributed by atoms with Gasteiger partial charge in [0.15, 0.2) is 11.5 Å². The van der Waals surface area contributed by atoms with Crippen molar-refractivity contribution in [3.05, 3.63) is 53.1 Å². The third-order valence-electron chi connectivity index (χ3n) is 6.48. The first kappa shape index (κ1) is 29.6. The van der Waals surface area contributed by atoms with E-state index in [1.54, 1.807) is 35.2 Å². The molecule has 0 aromatic heterocycles. The van der Waals surface area contributed by atoms with Gasteiger partial charge >= 0.3 is 0 Å². The zero-order valence-electron chi connectivity index (χ0n) is 22.3. The molecule has 0 aliphatic carbocycles. The summed E-state index contributed by atoms with van der Waals surface area (Å²) in [5.41, 5.74) is 1.16. The van der Waals surface area contributed by atoms with E-state index in [0.29, 0.717) is 28.6 Å². The van der Waals surface area contributed by atoms with E-state index < -0.39 is 16.1 Å². The monoisotopic (exact) mass is 565 g/mol. The van der Waals surface area contributed by atoms with Crippen molar-refractivity contribution in [1.82, 2.24) is 10.2 Å². The summed E-state index contributed by atoms with van der Waals surface area (Å²) in [5.74, 6) is 0.542. The van der Waals surface area contributed by atoms with Crippen molar-refractivity contribution in [2.24, 2.45) is 0 Å². The van der Waals surface area contributed by atoms with Crippen molar-refractivity contribution < 1.29 is 27.5 Å². The van der Waals surface area contributed by atoms with E-state index in [1.807, 2.05) is 32.9 Å². The van der Waals surface area contributed by atoms with Crippen LogP contribution in [0.2, 0.25) is 5.02 Å². The van der Waals surface area contributed by atoms with Gasteiger partial charge in [-0.05, 0) is 49.9 Å². The number of anilines is 1. The van der Waals surface area contributed by atoms with Gasteiger partial charge < -0.3 is 19.7 Å². The van der Waals surface area contributed by atoms with Crippen LogP contribution in [0.1, 0.15) is 52.0 Å². The van der Waals surface area contributed by atoms with E-state index in [4.69, 9.17) is 21.1 Å². The predicted octanol–water partition coefficient (Wildman–Crippen LogP) is 4.34. The van der Waals surface area contributed by atoms with Crippen molar-refractivity contribution in [1.29, 1.82) is 0 Å². The highest BCUT2D eigenvalue weighted by molar-refractivity contribution is 7.92. The summed E-state index contributed by atoms with van der Waals surface area (Å²) in [4.78, 5) is 28.2. The van der Waals surface area contributed by atoms with Crippen molar-refractivity contribution in [3.63, 3.8) is 0 Å². The summed E-state index contributed by atoms with van der Waals surface area (Å²) in [6, 6.07) is 11.4. The lowest BCUT2D eigenvalue weighted by Gasteiger charge is -2.32. The summed E-state index contributed by atoms with van der Waals surface area (Å²) in [7, 11) is -3.63. The zero-order chi connectivity index (χ0) is 27.9. The van der Waals surface area contributed by atoms with Crippen LogP contribution in [0, 0.1) is 0 Å². The van der Waals surface area contributed by atoms with Gasteiger partial charge in [-0.15, -0.1) is 0 Å². The van der Waals surface area contributed by atoms with Crippen molar-refractivity contribution in [3.8, 4) is 11.5 Å². The molecule has 0 radical (unpaired) electrons. The number of nitrogens with zero attached hydrogens (tertiary/aromatic N) is 2. The van der Waals surface area contributed by atoms with Gasteiger partial charge in [0.25, 0.3) is 0 Å². The van der Waals surface area contributed by atoms with E-state index >= 15 is 0 Å². The molecule has 2 aromatic rings. The molecule has 0 spiro atoms. The second kappa shape index (κ2) is 13.2. The first-order valence-corrected chi connectivity index (χ1v) is 15.0. The van der Waals surface area contributed by atoms with E-state index in [1.165, 1.54) is 4.31 Å². The van der Waals surface area contributed by atoms with Gasteiger partial charge in [0.2, 0.25) is 28.6 Å². The smallest absolute Gasteiger partial charge is 0.243 e. The van der Waals surface area contributed by atoms with Gasteiger partial charge in [-0.2, -0.15) is 0 Å². The molecule has 0 bridgehead atoms. The average molecular weight is 566 g/mol. The number of carbonyl (C=O) groups is 2. The summed E-state index contributed by atoms with van der Waals surface area (Å²) in [6.07, 6.45) is 2.61. The van der Waals surface area contributed by atoms with Crippen molar-refractivity contribution in [2.75, 3.05) is 23.9 Å². The molecule has 2 amide bonds. The maximum absolute atomic E-state index is 13.5. The quantitative estimate of drug-likeness (QED) is 0.387. The van der Waals surface area contributed by atoms with Crippen LogP contribution in [0.25, 0.3) is 0 Å². The molecule has 0 fully saturated rings. The fourth-order valence-electron chi connectivity index (χ4n) is 4.22. The van der Waals surface area contributed by atoms with Crippen LogP contribution in [-0.2, 0) is 26.2 Å². The van der Waals surface area contributed by atoms with Gasteiger partial charge in [-0.3, -0.25) is 13.9 Å². The number of sulfonamides is 1. The number of halogens is 1. The fourth-order valence-corrected chi connectivity index (χ4v) is 5.37. The summed E-state index contributed by atoms with van der Waals surface area (Å²) < 4.78 is 37.1. The number of nitrogens with one attached hydrogen (secondary N) is 1. The van der Waals surface area contributed by atoms with Gasteiger partial charge in [0, 0.05) is 36.6 Å². The molecule has 208 valence electrons. The molecule has 2 atom stereocenters. The first-order chi connectivity index (χ1) is 18.0. The highest BCUT2D eigenvalue weighted by Crippen LogP contribution is 2.36. The number of carbonyl (C=O) groups excluding carboxylic acids is 2. The Morgan fingerprint density at radius 1 is 1.08 bits per heavy atom. The molecule has 1 aliphatic heterocycles. The minimum atomic E-state index is -3.63. The second-order valence-electron chi connectivity index (χ2n) is 9.33. The van der Waals surface area contributed by atoms with Crippen LogP contribution in [0.15, 0.2) is 42.5 Å². The largest absolute Gasteiger partial charge is 0.454 e. The molecule has 11 heteroatoms. The minimum Gasteiger partial charge on any atom is -0.454 e. The Bertz CT molecular complexity index is 1240. The lowest BCUT2D eigenvalue weighted by atomic mass is 10.1. The summed E-state index contributed by atoms with van der Waals surface area (Å²) in [6.45, 7) is 6.09. The van der Waals surface area contributed by atoms with Crippen molar-refractivity contribution >= 4 is 39.1 Å². The fraction of sp³-hybridized carbons (Fsp3) is 0.481. The van der Waals surface area contributed by atoms with Crippen LogP contribution < -0.4 is 19.1 Å².